The van der Waals surface area contributed by atoms with Crippen LogP contribution in [0.25, 0.3) is 0 Å². The SMILES string of the molecule is NC(Cc1cncc(Br)c1)c1c(F)cccc1Cl. The Balaban J connectivity index is 2.25. The van der Waals surface area contributed by atoms with Gasteiger partial charge in [0.1, 0.15) is 5.82 Å². The molecule has 0 aliphatic carbocycles. The molecule has 2 aromatic rings. The third-order valence-electron chi connectivity index (χ3n) is 2.59. The second-order valence-electron chi connectivity index (χ2n) is 3.96. The van der Waals surface area contributed by atoms with Crippen LogP contribution < -0.4 is 5.73 Å². The van der Waals surface area contributed by atoms with Crippen LogP contribution in [0.1, 0.15) is 17.2 Å². The Hall–Kier alpha value is -0.970. The van der Waals surface area contributed by atoms with Gasteiger partial charge in [-0.1, -0.05) is 17.7 Å². The number of rotatable bonds is 3. The van der Waals surface area contributed by atoms with Crippen molar-refractivity contribution in [1.29, 1.82) is 0 Å². The lowest BCUT2D eigenvalue weighted by Gasteiger charge is -2.14. The molecule has 1 aromatic carbocycles. The fourth-order valence-electron chi connectivity index (χ4n) is 1.79. The topological polar surface area (TPSA) is 38.9 Å². The molecule has 0 spiro atoms. The summed E-state index contributed by atoms with van der Waals surface area (Å²) in [5.41, 5.74) is 7.28. The lowest BCUT2D eigenvalue weighted by Crippen LogP contribution is -2.15. The summed E-state index contributed by atoms with van der Waals surface area (Å²) in [5.74, 6) is -0.377. The molecule has 0 aliphatic rings. The minimum absolute atomic E-state index is 0.346. The molecule has 18 heavy (non-hydrogen) atoms. The van der Waals surface area contributed by atoms with Crippen molar-refractivity contribution in [3.05, 3.63) is 63.1 Å². The first kappa shape index (κ1) is 13.5. The highest BCUT2D eigenvalue weighted by Gasteiger charge is 2.15. The highest BCUT2D eigenvalue weighted by Crippen LogP contribution is 2.27. The maximum atomic E-state index is 13.7. The van der Waals surface area contributed by atoms with Crippen LogP contribution >= 0.6 is 27.5 Å². The van der Waals surface area contributed by atoms with Crippen molar-refractivity contribution in [1.82, 2.24) is 4.98 Å². The Morgan fingerprint density at radius 3 is 2.83 bits per heavy atom. The van der Waals surface area contributed by atoms with Crippen LogP contribution in [0.4, 0.5) is 4.39 Å². The van der Waals surface area contributed by atoms with E-state index in [4.69, 9.17) is 17.3 Å². The Morgan fingerprint density at radius 2 is 2.17 bits per heavy atom. The minimum atomic E-state index is -0.491. The van der Waals surface area contributed by atoms with Crippen molar-refractivity contribution in [2.24, 2.45) is 5.73 Å². The van der Waals surface area contributed by atoms with Crippen molar-refractivity contribution in [2.45, 2.75) is 12.5 Å². The smallest absolute Gasteiger partial charge is 0.129 e. The van der Waals surface area contributed by atoms with Gasteiger partial charge in [0.2, 0.25) is 0 Å². The molecule has 94 valence electrons. The lowest BCUT2D eigenvalue weighted by molar-refractivity contribution is 0.580. The van der Waals surface area contributed by atoms with Gasteiger partial charge in [-0.3, -0.25) is 4.98 Å². The van der Waals surface area contributed by atoms with Crippen molar-refractivity contribution < 1.29 is 4.39 Å². The largest absolute Gasteiger partial charge is 0.324 e. The highest BCUT2D eigenvalue weighted by molar-refractivity contribution is 9.10. The van der Waals surface area contributed by atoms with E-state index < -0.39 is 6.04 Å². The number of aromatic nitrogens is 1. The predicted octanol–water partition coefficient (Wildman–Crippen LogP) is 3.88. The maximum Gasteiger partial charge on any atom is 0.129 e. The quantitative estimate of drug-likeness (QED) is 0.928. The van der Waals surface area contributed by atoms with Crippen LogP contribution in [0.3, 0.4) is 0 Å². The first-order valence-corrected chi connectivity index (χ1v) is 6.54. The molecule has 0 aliphatic heterocycles. The van der Waals surface area contributed by atoms with Gasteiger partial charge in [-0.2, -0.15) is 0 Å². The fraction of sp³-hybridized carbons (Fsp3) is 0.154. The Bertz CT molecular complexity index is 542. The summed E-state index contributed by atoms with van der Waals surface area (Å²) in [4.78, 5) is 4.05. The molecule has 2 nitrogen and oxygen atoms in total. The zero-order valence-corrected chi connectivity index (χ0v) is 11.7. The number of benzene rings is 1. The summed E-state index contributed by atoms with van der Waals surface area (Å²) in [6.45, 7) is 0. The normalized spacial score (nSPS) is 12.4. The monoisotopic (exact) mass is 328 g/mol. The van der Waals surface area contributed by atoms with E-state index in [0.29, 0.717) is 17.0 Å². The molecule has 5 heteroatoms. The molecule has 2 rings (SSSR count). The van der Waals surface area contributed by atoms with Crippen molar-refractivity contribution in [3.8, 4) is 0 Å². The summed E-state index contributed by atoms with van der Waals surface area (Å²) in [6.07, 6.45) is 3.87. The first-order valence-electron chi connectivity index (χ1n) is 5.37. The Morgan fingerprint density at radius 1 is 1.39 bits per heavy atom. The first-order chi connectivity index (χ1) is 8.58. The van der Waals surface area contributed by atoms with Crippen LogP contribution in [0.2, 0.25) is 5.02 Å². The number of hydrogen-bond donors (Lipinski definition) is 1. The summed E-state index contributed by atoms with van der Waals surface area (Å²) in [6, 6.07) is 5.98. The third kappa shape index (κ3) is 3.07. The Kier molecular flexibility index (Phi) is 4.32. The van der Waals surface area contributed by atoms with Crippen molar-refractivity contribution in [2.75, 3.05) is 0 Å². The second-order valence-corrected chi connectivity index (χ2v) is 5.28. The van der Waals surface area contributed by atoms with E-state index in [0.717, 1.165) is 10.0 Å². The molecule has 0 bridgehead atoms. The molecule has 0 amide bonds. The van der Waals surface area contributed by atoms with Crippen molar-refractivity contribution >= 4 is 27.5 Å². The molecule has 0 saturated heterocycles. The van der Waals surface area contributed by atoms with Crippen LogP contribution in [-0.4, -0.2) is 4.98 Å². The van der Waals surface area contributed by atoms with Gasteiger partial charge in [-0.25, -0.2) is 4.39 Å². The van der Waals surface area contributed by atoms with Gasteiger partial charge in [0.15, 0.2) is 0 Å². The molecule has 0 fully saturated rings. The van der Waals surface area contributed by atoms with E-state index in [2.05, 4.69) is 20.9 Å². The lowest BCUT2D eigenvalue weighted by atomic mass is 10.0. The number of halogens is 3. The summed E-state index contributed by atoms with van der Waals surface area (Å²) in [5, 5.41) is 0.352. The summed E-state index contributed by atoms with van der Waals surface area (Å²) >= 11 is 9.31. The van der Waals surface area contributed by atoms with E-state index >= 15 is 0 Å². The maximum absolute atomic E-state index is 13.7. The molecular weight excluding hydrogens is 319 g/mol. The number of pyridine rings is 1. The van der Waals surface area contributed by atoms with Crippen LogP contribution in [-0.2, 0) is 6.42 Å². The van der Waals surface area contributed by atoms with Gasteiger partial charge in [0.25, 0.3) is 0 Å². The second kappa shape index (κ2) is 5.78. The van der Waals surface area contributed by atoms with Gasteiger partial charge < -0.3 is 5.73 Å². The molecule has 2 N–H and O–H groups in total. The van der Waals surface area contributed by atoms with Gasteiger partial charge in [0.05, 0.1) is 0 Å². The molecule has 1 unspecified atom stereocenters. The van der Waals surface area contributed by atoms with Gasteiger partial charge in [-0.15, -0.1) is 0 Å². The average Bonchev–Trinajstić information content (AvgIpc) is 2.28. The minimum Gasteiger partial charge on any atom is -0.324 e. The number of nitrogens with two attached hydrogens (primary N) is 1. The molecule has 1 aromatic heterocycles. The predicted molar refractivity (Wildman–Crippen MR) is 74.0 cm³/mol. The molecule has 1 atom stereocenters. The standard InChI is InChI=1S/C13H11BrClFN2/c14-9-4-8(6-18-7-9)5-12(17)13-10(15)2-1-3-11(13)16/h1-4,6-7,12H,5,17H2. The average molecular weight is 330 g/mol. The van der Waals surface area contributed by atoms with Gasteiger partial charge in [-0.05, 0) is 46.1 Å². The van der Waals surface area contributed by atoms with Crippen LogP contribution in [0.5, 0.6) is 0 Å². The van der Waals surface area contributed by atoms with E-state index in [1.807, 2.05) is 6.07 Å². The third-order valence-corrected chi connectivity index (χ3v) is 3.35. The summed E-state index contributed by atoms with van der Waals surface area (Å²) < 4.78 is 14.6. The number of hydrogen-bond acceptors (Lipinski definition) is 2. The zero-order chi connectivity index (χ0) is 13.1. The highest BCUT2D eigenvalue weighted by atomic mass is 79.9. The van der Waals surface area contributed by atoms with Crippen LogP contribution in [0.15, 0.2) is 41.1 Å². The van der Waals surface area contributed by atoms with E-state index in [9.17, 15) is 4.39 Å². The van der Waals surface area contributed by atoms with Gasteiger partial charge >= 0.3 is 0 Å². The van der Waals surface area contributed by atoms with E-state index in [1.165, 1.54) is 6.07 Å². The molecule has 1 heterocycles. The van der Waals surface area contributed by atoms with E-state index in [-0.39, 0.29) is 5.82 Å². The van der Waals surface area contributed by atoms with Crippen LogP contribution in [0, 0.1) is 5.82 Å². The van der Waals surface area contributed by atoms with Crippen molar-refractivity contribution in [3.63, 3.8) is 0 Å². The number of nitrogens with zero attached hydrogens (tertiary/aromatic N) is 1. The van der Waals surface area contributed by atoms with E-state index in [1.54, 1.807) is 24.5 Å². The molecule has 0 radical (unpaired) electrons. The fourth-order valence-corrected chi connectivity index (χ4v) is 2.50. The Labute approximate surface area is 118 Å². The summed E-state index contributed by atoms with van der Waals surface area (Å²) in [7, 11) is 0. The molecular formula is C13H11BrClFN2. The zero-order valence-electron chi connectivity index (χ0n) is 9.41. The van der Waals surface area contributed by atoms with Gasteiger partial charge in [0, 0.05) is 33.5 Å². The molecule has 0 saturated carbocycles.